The Kier molecular flexibility index (Phi) is 17.2. The number of unbranched alkanes of at least 4 members (excludes halogenated alkanes) is 12. The zero-order valence-electron chi connectivity index (χ0n) is 17.8. The number of nitrogens with one attached hydrogen (secondary N) is 2. The number of nitrogens with two attached hydrogens (primary N) is 1. The normalized spacial score (nSPS) is 12.2. The van der Waals surface area contributed by atoms with Gasteiger partial charge in [0.25, 0.3) is 0 Å². The molecule has 0 aromatic carbocycles. The highest BCUT2D eigenvalue weighted by molar-refractivity contribution is 4.78. The van der Waals surface area contributed by atoms with E-state index in [9.17, 15) is 0 Å². The Labute approximate surface area is 158 Å². The van der Waals surface area contributed by atoms with Gasteiger partial charge in [0, 0.05) is 12.1 Å². The monoisotopic (exact) mass is 356 g/mol. The molecule has 0 rings (SSSR count). The molecule has 0 spiro atoms. The van der Waals surface area contributed by atoms with Crippen LogP contribution in [0.2, 0.25) is 0 Å². The molecule has 4 heteroatoms. The number of rotatable bonds is 19. The average molecular weight is 357 g/mol. The van der Waals surface area contributed by atoms with Crippen molar-refractivity contribution >= 4 is 0 Å². The van der Waals surface area contributed by atoms with E-state index in [1.54, 1.807) is 0 Å². The summed E-state index contributed by atoms with van der Waals surface area (Å²) in [5.74, 6) is 5.43. The second-order valence-corrected chi connectivity index (χ2v) is 8.21. The Bertz CT molecular complexity index is 263. The maximum atomic E-state index is 5.43. The highest BCUT2D eigenvalue weighted by atomic mass is 15.8. The minimum Gasteiger partial charge on any atom is -0.257 e. The summed E-state index contributed by atoms with van der Waals surface area (Å²) in [5.41, 5.74) is 5.80. The smallest absolute Gasteiger partial charge is 0.0311 e. The number of hydrogen-bond donors (Lipinski definition) is 3. The van der Waals surface area contributed by atoms with Crippen LogP contribution in [-0.4, -0.2) is 17.1 Å². The molecule has 0 saturated carbocycles. The lowest BCUT2D eigenvalue weighted by Crippen LogP contribution is -2.59. The van der Waals surface area contributed by atoms with Crippen molar-refractivity contribution in [3.8, 4) is 0 Å². The minimum absolute atomic E-state index is 0.139. The van der Waals surface area contributed by atoms with Crippen molar-refractivity contribution in [1.82, 2.24) is 16.1 Å². The predicted molar refractivity (Wildman–Crippen MR) is 112 cm³/mol. The molecule has 0 aliphatic carbocycles. The maximum Gasteiger partial charge on any atom is 0.0311 e. The van der Waals surface area contributed by atoms with Gasteiger partial charge in [0.2, 0.25) is 0 Å². The van der Waals surface area contributed by atoms with E-state index in [1.165, 1.54) is 89.9 Å². The van der Waals surface area contributed by atoms with Crippen LogP contribution in [0.3, 0.4) is 0 Å². The van der Waals surface area contributed by atoms with Gasteiger partial charge < -0.3 is 0 Å². The van der Waals surface area contributed by atoms with Gasteiger partial charge in [-0.1, -0.05) is 97.3 Å². The van der Waals surface area contributed by atoms with Crippen molar-refractivity contribution in [3.05, 3.63) is 0 Å². The zero-order chi connectivity index (χ0) is 18.8. The molecule has 0 bridgehead atoms. The molecular formula is C21H48N4. The molecule has 0 unspecified atom stereocenters. The molecule has 0 aromatic heterocycles. The van der Waals surface area contributed by atoms with Crippen LogP contribution in [0.25, 0.3) is 0 Å². The van der Waals surface area contributed by atoms with E-state index in [-0.39, 0.29) is 5.54 Å². The molecule has 0 aliphatic rings. The molecule has 0 radical (unpaired) electrons. The van der Waals surface area contributed by atoms with Gasteiger partial charge >= 0.3 is 0 Å². The first-order chi connectivity index (χ1) is 12.1. The van der Waals surface area contributed by atoms with Crippen LogP contribution in [0.5, 0.6) is 0 Å². The number of nitrogens with zero attached hydrogens (tertiary/aromatic N) is 1. The summed E-state index contributed by atoms with van der Waals surface area (Å²) in [6.45, 7) is 10.1. The fraction of sp³-hybridized carbons (Fsp3) is 1.00. The third-order valence-electron chi connectivity index (χ3n) is 5.27. The largest absolute Gasteiger partial charge is 0.257 e. The van der Waals surface area contributed by atoms with E-state index in [0.717, 1.165) is 13.0 Å². The molecule has 0 aliphatic heterocycles. The van der Waals surface area contributed by atoms with E-state index < -0.39 is 0 Å². The molecule has 4 nitrogen and oxygen atoms in total. The molecule has 0 saturated heterocycles. The first-order valence-electron chi connectivity index (χ1n) is 11.1. The summed E-state index contributed by atoms with van der Waals surface area (Å²) >= 11 is 0. The van der Waals surface area contributed by atoms with Crippen molar-refractivity contribution in [2.24, 2.45) is 5.84 Å². The standard InChI is InChI=1S/C21H48N4/c1-5-7-8-9-10-11-12-13-14-15-16-17-18-19-21(3,4)25(20-6-2)24-23-22/h23-24H,5-20,22H2,1-4H3. The maximum absolute atomic E-state index is 5.43. The van der Waals surface area contributed by atoms with Crippen LogP contribution in [0, 0.1) is 0 Å². The van der Waals surface area contributed by atoms with Gasteiger partial charge in [0.15, 0.2) is 0 Å². The molecule has 0 atom stereocenters. The van der Waals surface area contributed by atoms with Crippen LogP contribution in [-0.2, 0) is 0 Å². The molecule has 152 valence electrons. The van der Waals surface area contributed by atoms with Gasteiger partial charge in [0.05, 0.1) is 0 Å². The van der Waals surface area contributed by atoms with E-state index >= 15 is 0 Å². The third-order valence-corrected chi connectivity index (χ3v) is 5.27. The molecular weight excluding hydrogens is 308 g/mol. The van der Waals surface area contributed by atoms with Gasteiger partial charge in [-0.15, -0.1) is 0 Å². The van der Waals surface area contributed by atoms with Gasteiger partial charge in [-0.25, -0.2) is 5.01 Å². The summed E-state index contributed by atoms with van der Waals surface area (Å²) in [5, 5.41) is 2.23. The first-order valence-corrected chi connectivity index (χ1v) is 11.1. The highest BCUT2D eigenvalue weighted by Crippen LogP contribution is 2.21. The summed E-state index contributed by atoms with van der Waals surface area (Å²) in [4.78, 5) is 0. The fourth-order valence-electron chi connectivity index (χ4n) is 3.52. The topological polar surface area (TPSA) is 53.3 Å². The first kappa shape index (κ1) is 24.8. The molecule has 4 N–H and O–H groups in total. The van der Waals surface area contributed by atoms with E-state index in [4.69, 9.17) is 5.84 Å². The van der Waals surface area contributed by atoms with E-state index in [0.29, 0.717) is 0 Å². The Morgan fingerprint density at radius 2 is 1.12 bits per heavy atom. The minimum atomic E-state index is 0.139. The number of hydrogen-bond acceptors (Lipinski definition) is 4. The SMILES string of the molecule is CCCCCCCCCCCCCCCC(C)(C)N(CCC)NNN. The van der Waals surface area contributed by atoms with Gasteiger partial charge in [0.1, 0.15) is 0 Å². The predicted octanol–water partition coefficient (Wildman–Crippen LogP) is 5.84. The van der Waals surface area contributed by atoms with Crippen molar-refractivity contribution in [1.29, 1.82) is 0 Å². The summed E-state index contributed by atoms with van der Waals surface area (Å²) in [6.07, 6.45) is 20.7. The van der Waals surface area contributed by atoms with Gasteiger partial charge in [-0.3, -0.25) is 5.84 Å². The summed E-state index contributed by atoms with van der Waals surface area (Å²) < 4.78 is 0. The van der Waals surface area contributed by atoms with Crippen LogP contribution in [0.15, 0.2) is 0 Å². The molecule has 25 heavy (non-hydrogen) atoms. The van der Waals surface area contributed by atoms with Crippen molar-refractivity contribution in [2.75, 3.05) is 6.54 Å². The molecule has 0 fully saturated rings. The Morgan fingerprint density at radius 3 is 1.52 bits per heavy atom. The lowest BCUT2D eigenvalue weighted by molar-refractivity contribution is 0.0296. The highest BCUT2D eigenvalue weighted by Gasteiger charge is 2.25. The quantitative estimate of drug-likeness (QED) is 0.154. The zero-order valence-corrected chi connectivity index (χ0v) is 17.8. The third kappa shape index (κ3) is 14.7. The van der Waals surface area contributed by atoms with Crippen molar-refractivity contribution in [2.45, 2.75) is 130 Å². The Morgan fingerprint density at radius 1 is 0.680 bits per heavy atom. The van der Waals surface area contributed by atoms with E-state index in [2.05, 4.69) is 43.8 Å². The van der Waals surface area contributed by atoms with Crippen LogP contribution in [0.4, 0.5) is 0 Å². The number of hydrazine groups is 3. The summed E-state index contributed by atoms with van der Waals surface area (Å²) in [7, 11) is 0. The molecule has 0 amide bonds. The second-order valence-electron chi connectivity index (χ2n) is 8.21. The summed E-state index contributed by atoms with van der Waals surface area (Å²) in [6, 6.07) is 0. The van der Waals surface area contributed by atoms with Gasteiger partial charge in [-0.2, -0.15) is 11.1 Å². The van der Waals surface area contributed by atoms with Crippen molar-refractivity contribution < 1.29 is 0 Å². The second kappa shape index (κ2) is 17.3. The Hall–Kier alpha value is -0.160. The van der Waals surface area contributed by atoms with Crippen LogP contribution >= 0.6 is 0 Å². The molecule has 0 aromatic rings. The van der Waals surface area contributed by atoms with E-state index in [1.807, 2.05) is 0 Å². The average Bonchev–Trinajstić information content (AvgIpc) is 2.58. The van der Waals surface area contributed by atoms with Crippen LogP contribution < -0.4 is 16.9 Å². The lowest BCUT2D eigenvalue weighted by atomic mass is 9.95. The Balaban J connectivity index is 3.50. The van der Waals surface area contributed by atoms with Gasteiger partial charge in [-0.05, 0) is 26.7 Å². The molecule has 0 heterocycles. The lowest BCUT2D eigenvalue weighted by Gasteiger charge is -2.38. The van der Waals surface area contributed by atoms with Crippen LogP contribution in [0.1, 0.15) is 124 Å². The van der Waals surface area contributed by atoms with Crippen molar-refractivity contribution in [3.63, 3.8) is 0 Å². The fourth-order valence-corrected chi connectivity index (χ4v) is 3.52.